The second kappa shape index (κ2) is 6.41. The van der Waals surface area contributed by atoms with Crippen molar-refractivity contribution >= 4 is 6.08 Å². The second-order valence-electron chi connectivity index (χ2n) is 8.24. The average Bonchev–Trinajstić information content (AvgIpc) is 2.53. The molecule has 1 aliphatic heterocycles. The lowest BCUT2D eigenvalue weighted by Crippen LogP contribution is -2.33. The Balaban J connectivity index is 1.77. The van der Waals surface area contributed by atoms with Crippen LogP contribution in [0.4, 0.5) is 0 Å². The molecule has 1 aromatic rings. The number of hydrogen-bond acceptors (Lipinski definition) is 2. The highest BCUT2D eigenvalue weighted by atomic mass is 16.7. The maximum absolute atomic E-state index is 5.59. The molecule has 1 saturated heterocycles. The molecule has 0 N–H and O–H groups in total. The molecular formula is C21H30O2. The van der Waals surface area contributed by atoms with Gasteiger partial charge in [0.25, 0.3) is 0 Å². The zero-order valence-corrected chi connectivity index (χ0v) is 15.0. The summed E-state index contributed by atoms with van der Waals surface area (Å²) in [5.74, 6) is 0. The normalized spacial score (nSPS) is 23.8. The standard InChI is InChI=1S/C21H30O2/c1-20(2)11-12-21(3,4)18-15-16(9-10-17(18)20)7-5-8-19-22-13-6-14-23-19/h5,7,9-10,15,19H,6,8,11-14H2,1-4H3/b7-5+. The van der Waals surface area contributed by atoms with E-state index in [0.717, 1.165) is 26.1 Å². The lowest BCUT2D eigenvalue weighted by Gasteiger charge is -2.42. The predicted octanol–water partition coefficient (Wildman–Crippen LogP) is 5.20. The van der Waals surface area contributed by atoms with Crippen molar-refractivity contribution in [3.05, 3.63) is 41.0 Å². The van der Waals surface area contributed by atoms with Crippen LogP contribution in [0.5, 0.6) is 0 Å². The maximum atomic E-state index is 5.59. The third-order valence-corrected chi connectivity index (χ3v) is 5.41. The highest BCUT2D eigenvalue weighted by Gasteiger charge is 2.36. The van der Waals surface area contributed by atoms with Gasteiger partial charge in [0, 0.05) is 6.42 Å². The minimum absolute atomic E-state index is 0.0620. The van der Waals surface area contributed by atoms with E-state index in [2.05, 4.69) is 58.0 Å². The van der Waals surface area contributed by atoms with Crippen molar-refractivity contribution in [1.82, 2.24) is 0 Å². The molecule has 0 amide bonds. The Kier molecular flexibility index (Phi) is 4.66. The summed E-state index contributed by atoms with van der Waals surface area (Å²) in [4.78, 5) is 0. The Morgan fingerprint density at radius 3 is 2.35 bits per heavy atom. The largest absolute Gasteiger partial charge is 0.352 e. The fraction of sp³-hybridized carbons (Fsp3) is 0.619. The summed E-state index contributed by atoms with van der Waals surface area (Å²) in [7, 11) is 0. The summed E-state index contributed by atoms with van der Waals surface area (Å²) in [6.45, 7) is 11.1. The van der Waals surface area contributed by atoms with Gasteiger partial charge in [0.2, 0.25) is 0 Å². The molecule has 0 saturated carbocycles. The maximum Gasteiger partial charge on any atom is 0.160 e. The van der Waals surface area contributed by atoms with Gasteiger partial charge in [0.1, 0.15) is 0 Å². The third kappa shape index (κ3) is 3.70. The van der Waals surface area contributed by atoms with Gasteiger partial charge in [-0.1, -0.05) is 58.0 Å². The van der Waals surface area contributed by atoms with E-state index >= 15 is 0 Å². The van der Waals surface area contributed by atoms with Crippen LogP contribution in [0, 0.1) is 0 Å². The van der Waals surface area contributed by atoms with Gasteiger partial charge in [-0.3, -0.25) is 0 Å². The number of benzene rings is 1. The van der Waals surface area contributed by atoms with E-state index in [9.17, 15) is 0 Å². The molecule has 2 heteroatoms. The molecule has 0 bridgehead atoms. The molecule has 0 aromatic heterocycles. The van der Waals surface area contributed by atoms with Crippen molar-refractivity contribution in [1.29, 1.82) is 0 Å². The van der Waals surface area contributed by atoms with Gasteiger partial charge in [-0.25, -0.2) is 0 Å². The van der Waals surface area contributed by atoms with Gasteiger partial charge < -0.3 is 9.47 Å². The summed E-state index contributed by atoms with van der Waals surface area (Å²) >= 11 is 0. The molecule has 1 aliphatic carbocycles. The summed E-state index contributed by atoms with van der Waals surface area (Å²) in [5.41, 5.74) is 4.87. The first-order valence-corrected chi connectivity index (χ1v) is 8.93. The number of rotatable bonds is 3. The third-order valence-electron chi connectivity index (χ3n) is 5.41. The molecule has 0 unspecified atom stereocenters. The van der Waals surface area contributed by atoms with Gasteiger partial charge in [-0.2, -0.15) is 0 Å². The monoisotopic (exact) mass is 314 g/mol. The van der Waals surface area contributed by atoms with E-state index in [1.807, 2.05) is 0 Å². The second-order valence-corrected chi connectivity index (χ2v) is 8.24. The molecule has 2 nitrogen and oxygen atoms in total. The molecular weight excluding hydrogens is 284 g/mol. The average molecular weight is 314 g/mol. The van der Waals surface area contributed by atoms with Gasteiger partial charge >= 0.3 is 0 Å². The van der Waals surface area contributed by atoms with Gasteiger partial charge in [0.05, 0.1) is 13.2 Å². The van der Waals surface area contributed by atoms with E-state index in [1.54, 1.807) is 0 Å². The van der Waals surface area contributed by atoms with E-state index in [0.29, 0.717) is 0 Å². The molecule has 126 valence electrons. The van der Waals surface area contributed by atoms with Crippen LogP contribution in [0.1, 0.15) is 70.1 Å². The van der Waals surface area contributed by atoms with Crippen LogP contribution < -0.4 is 0 Å². The fourth-order valence-electron chi connectivity index (χ4n) is 3.70. The minimum atomic E-state index is -0.0620. The van der Waals surface area contributed by atoms with Crippen LogP contribution in [0.3, 0.4) is 0 Å². The Bertz CT molecular complexity index is 578. The molecule has 23 heavy (non-hydrogen) atoms. The molecule has 0 radical (unpaired) electrons. The van der Waals surface area contributed by atoms with Crippen LogP contribution >= 0.6 is 0 Å². The van der Waals surface area contributed by atoms with Crippen LogP contribution in [-0.2, 0) is 20.3 Å². The summed E-state index contributed by atoms with van der Waals surface area (Å²) in [5, 5.41) is 0. The van der Waals surface area contributed by atoms with E-state index in [4.69, 9.17) is 9.47 Å². The zero-order valence-electron chi connectivity index (χ0n) is 15.0. The topological polar surface area (TPSA) is 18.5 Å². The van der Waals surface area contributed by atoms with Crippen molar-refractivity contribution in [3.8, 4) is 0 Å². The molecule has 1 heterocycles. The first kappa shape index (κ1) is 16.7. The van der Waals surface area contributed by atoms with Crippen molar-refractivity contribution in [2.75, 3.05) is 13.2 Å². The summed E-state index contributed by atoms with van der Waals surface area (Å²) in [6.07, 6.45) is 8.68. The van der Waals surface area contributed by atoms with Gasteiger partial charge in [-0.05, 0) is 46.8 Å². The Hall–Kier alpha value is -1.12. The van der Waals surface area contributed by atoms with Gasteiger partial charge in [0.15, 0.2) is 6.29 Å². The smallest absolute Gasteiger partial charge is 0.160 e. The predicted molar refractivity (Wildman–Crippen MR) is 95.7 cm³/mol. The van der Waals surface area contributed by atoms with E-state index in [-0.39, 0.29) is 17.1 Å². The minimum Gasteiger partial charge on any atom is -0.352 e. The SMILES string of the molecule is CC1(C)CCC(C)(C)c2cc(/C=C/CC3OCCCO3)ccc21. The first-order valence-electron chi connectivity index (χ1n) is 8.93. The van der Waals surface area contributed by atoms with Crippen molar-refractivity contribution in [3.63, 3.8) is 0 Å². The quantitative estimate of drug-likeness (QED) is 0.763. The lowest BCUT2D eigenvalue weighted by atomic mass is 9.63. The molecule has 1 aromatic carbocycles. The highest BCUT2D eigenvalue weighted by molar-refractivity contribution is 5.55. The molecule has 0 spiro atoms. The van der Waals surface area contributed by atoms with E-state index < -0.39 is 0 Å². The molecule has 2 aliphatic rings. The van der Waals surface area contributed by atoms with Crippen molar-refractivity contribution < 1.29 is 9.47 Å². The number of ether oxygens (including phenoxy) is 2. The Labute approximate surface area is 140 Å². The number of fused-ring (bicyclic) bond motifs is 1. The van der Waals surface area contributed by atoms with Crippen LogP contribution in [0.25, 0.3) is 6.08 Å². The van der Waals surface area contributed by atoms with Gasteiger partial charge in [-0.15, -0.1) is 0 Å². The summed E-state index contributed by atoms with van der Waals surface area (Å²) in [6, 6.07) is 6.97. The lowest BCUT2D eigenvalue weighted by molar-refractivity contribution is -0.175. The van der Waals surface area contributed by atoms with Crippen LogP contribution in [0.2, 0.25) is 0 Å². The van der Waals surface area contributed by atoms with E-state index in [1.165, 1.54) is 29.5 Å². The Morgan fingerprint density at radius 2 is 1.65 bits per heavy atom. The fourth-order valence-corrected chi connectivity index (χ4v) is 3.70. The van der Waals surface area contributed by atoms with Crippen LogP contribution in [0.15, 0.2) is 24.3 Å². The zero-order chi connectivity index (χ0) is 16.5. The first-order chi connectivity index (χ1) is 10.9. The molecule has 3 rings (SSSR count). The van der Waals surface area contributed by atoms with Crippen molar-refractivity contribution in [2.45, 2.75) is 70.5 Å². The number of hydrogen-bond donors (Lipinski definition) is 0. The highest BCUT2D eigenvalue weighted by Crippen LogP contribution is 2.45. The molecule has 1 fully saturated rings. The Morgan fingerprint density at radius 1 is 1.00 bits per heavy atom. The summed E-state index contributed by atoms with van der Waals surface area (Å²) < 4.78 is 11.2. The molecule has 0 atom stereocenters. The van der Waals surface area contributed by atoms with Crippen molar-refractivity contribution in [2.24, 2.45) is 0 Å². The van der Waals surface area contributed by atoms with Crippen LogP contribution in [-0.4, -0.2) is 19.5 Å².